The van der Waals surface area contributed by atoms with E-state index in [1.54, 1.807) is 0 Å². The Labute approximate surface area is 415 Å². The number of fused-ring (bicyclic) bond motifs is 5. The Morgan fingerprint density at radius 2 is 1.77 bits per heavy atom. The zero-order valence-corrected chi connectivity index (χ0v) is 42.8. The topological polar surface area (TPSA) is 409 Å². The third-order valence-electron chi connectivity index (χ3n) is 12.5. The Kier molecular flexibility index (Phi) is 15.6. The van der Waals surface area contributed by atoms with E-state index in [-0.39, 0.29) is 42.4 Å². The van der Waals surface area contributed by atoms with Crippen molar-refractivity contribution >= 4 is 73.9 Å². The molecule has 73 heavy (non-hydrogen) atoms. The smallest absolute Gasteiger partial charge is 0.452 e. The molecular weight excluding hydrogens is 1050 g/mol. The standard InChI is InChI=1S/C40H53N10O19P3S/c1-4-48-11-5-7-22-13-25-29(15-27(22)48)65-30-16-28-24(14-26(30)47-25)23(19-73(61,62)63)17-40(2,3)50(28)12-6-8-32(51)42-9-10-43-39(53)67-35-34(52)31(18-64-71(57,58)69-72(59,60)68-70(54,55)56)66-38(35)49-21-46-33-36(41)44-20-45-37(33)49/h13-16,20-21,23,31,34-35,38,52H,4-12,17-19H2,1-3H3,(H8-,41,42,43,44,45,51,53,54,55,56,57,58,59,60,61,62,63)/p+1/t23?,31-,34-,35-,38-/m1/s1. The lowest BCUT2D eigenvalue weighted by Crippen LogP contribution is -2.50. The van der Waals surface area contributed by atoms with E-state index in [1.165, 1.54) is 10.1 Å². The molecule has 1 fully saturated rings. The van der Waals surface area contributed by atoms with Crippen molar-refractivity contribution in [1.82, 2.24) is 34.7 Å². The molecule has 7 atom stereocenters. The fourth-order valence-corrected chi connectivity index (χ4v) is 13.3. The van der Waals surface area contributed by atoms with Crippen LogP contribution in [0.1, 0.15) is 69.7 Å². The summed E-state index contributed by atoms with van der Waals surface area (Å²) in [6, 6.07) is 7.70. The second kappa shape index (κ2) is 20.9. The van der Waals surface area contributed by atoms with Gasteiger partial charge in [-0.2, -0.15) is 17.0 Å². The quantitative estimate of drug-likeness (QED) is 0.0242. The molecule has 33 heteroatoms. The predicted octanol–water partition coefficient (Wildman–Crippen LogP) is 1.18. The van der Waals surface area contributed by atoms with Crippen molar-refractivity contribution in [2.24, 2.45) is 4.99 Å². The van der Waals surface area contributed by atoms with Gasteiger partial charge in [0, 0.05) is 61.2 Å². The van der Waals surface area contributed by atoms with Gasteiger partial charge in [0.05, 0.1) is 24.8 Å². The maximum atomic E-state index is 13.1. The molecule has 0 spiro atoms. The van der Waals surface area contributed by atoms with Crippen molar-refractivity contribution in [2.75, 3.05) is 55.7 Å². The first kappa shape index (κ1) is 54.2. The number of nitrogen functional groups attached to an aromatic ring is 1. The van der Waals surface area contributed by atoms with E-state index in [0.717, 1.165) is 43.9 Å². The number of nitrogens with one attached hydrogen (secondary N) is 2. The monoisotopic (exact) mass is 1100 g/mol. The number of phosphoric acid groups is 3. The van der Waals surface area contributed by atoms with E-state index in [4.69, 9.17) is 34.7 Å². The van der Waals surface area contributed by atoms with Crippen LogP contribution >= 0.6 is 23.5 Å². The molecule has 2 aromatic heterocycles. The number of anilines is 2. The number of rotatable bonds is 19. The van der Waals surface area contributed by atoms with Gasteiger partial charge in [-0.3, -0.25) is 18.4 Å². The molecule has 10 N–H and O–H groups in total. The first-order valence-corrected chi connectivity index (χ1v) is 28.8. The largest absolute Gasteiger partial charge is 0.490 e. The van der Waals surface area contributed by atoms with Gasteiger partial charge in [0.1, 0.15) is 48.2 Å². The second-order valence-corrected chi connectivity index (χ2v) is 24.0. The summed E-state index contributed by atoms with van der Waals surface area (Å²) in [6.45, 7) is 6.80. The van der Waals surface area contributed by atoms with Crippen molar-refractivity contribution < 1.29 is 88.3 Å². The van der Waals surface area contributed by atoms with Crippen molar-refractivity contribution in [3.8, 4) is 11.5 Å². The van der Waals surface area contributed by atoms with Crippen LogP contribution in [0.4, 0.5) is 22.0 Å². The highest BCUT2D eigenvalue weighted by Crippen LogP contribution is 2.66. The molecule has 29 nitrogen and oxygen atoms in total. The SMILES string of the molecule is CC[N+]1=c2cc3c(cc2CCC1)=Nc1cc2c(cc1O3)N(CCCC(=O)NCCNC(=O)O[C@@H]1[C@H](O)[C@@H](COP(=O)(O)OP(=O)(O)OP(=O)(O)O)O[C@H]1n1cnc3c(N)ncnc31)C(C)(C)CC2CS(=O)(=O)O. The molecule has 2 amide bonds. The van der Waals surface area contributed by atoms with Gasteiger partial charge in [-0.1, -0.05) is 0 Å². The molecule has 0 radical (unpaired) electrons. The molecule has 6 heterocycles. The summed E-state index contributed by atoms with van der Waals surface area (Å²) >= 11 is 0. The minimum atomic E-state index is -5.88. The summed E-state index contributed by atoms with van der Waals surface area (Å²) in [5.41, 5.74) is 8.46. The van der Waals surface area contributed by atoms with Crippen LogP contribution in [0.3, 0.4) is 0 Å². The average Bonchev–Trinajstić information content (AvgIpc) is 3.84. The summed E-state index contributed by atoms with van der Waals surface area (Å²) in [6.07, 6.45) is -2.84. The van der Waals surface area contributed by atoms with Gasteiger partial charge in [-0.25, -0.2) is 43.0 Å². The Balaban J connectivity index is 0.887. The lowest BCUT2D eigenvalue weighted by Gasteiger charge is -2.48. The zero-order valence-electron chi connectivity index (χ0n) is 39.3. The van der Waals surface area contributed by atoms with Crippen molar-refractivity contribution in [3.63, 3.8) is 0 Å². The number of imidazole rings is 1. The van der Waals surface area contributed by atoms with Crippen LogP contribution in [-0.2, 0) is 57.6 Å². The molecule has 2 aromatic carbocycles. The van der Waals surface area contributed by atoms with E-state index < -0.39 is 88.0 Å². The summed E-state index contributed by atoms with van der Waals surface area (Å²) < 4.78 is 103. The Hall–Kier alpha value is -5.03. The lowest BCUT2D eigenvalue weighted by molar-refractivity contribution is -0.121. The molecule has 0 aliphatic carbocycles. The maximum absolute atomic E-state index is 13.1. The number of carbonyl (C=O) groups excluding carboxylic acids is 2. The number of nitrogens with zero attached hydrogens (tertiary/aromatic N) is 7. The van der Waals surface area contributed by atoms with Crippen molar-refractivity contribution in [1.29, 1.82) is 0 Å². The van der Waals surface area contributed by atoms with Gasteiger partial charge >= 0.3 is 29.6 Å². The van der Waals surface area contributed by atoms with E-state index >= 15 is 0 Å². The highest BCUT2D eigenvalue weighted by atomic mass is 32.2. The zero-order chi connectivity index (χ0) is 52.8. The molecule has 8 rings (SSSR count). The molecule has 3 unspecified atom stereocenters. The van der Waals surface area contributed by atoms with Gasteiger partial charge in [0.15, 0.2) is 35.3 Å². The minimum Gasteiger partial charge on any atom is -0.452 e. The summed E-state index contributed by atoms with van der Waals surface area (Å²) in [5, 5.41) is 18.2. The van der Waals surface area contributed by atoms with E-state index in [9.17, 15) is 51.1 Å². The number of benzene rings is 2. The van der Waals surface area contributed by atoms with E-state index in [2.05, 4.69) is 55.1 Å². The molecule has 4 aliphatic heterocycles. The first-order chi connectivity index (χ1) is 34.2. The normalized spacial score (nSPS) is 22.9. The van der Waals surface area contributed by atoms with Crippen LogP contribution in [0, 0.1) is 0 Å². The minimum absolute atomic E-state index is 0.0424. The molecule has 4 aromatic rings. The third kappa shape index (κ3) is 12.7. The number of hydrogen-bond acceptors (Lipinski definition) is 20. The van der Waals surface area contributed by atoms with E-state index in [0.29, 0.717) is 53.2 Å². The maximum Gasteiger partial charge on any atom is 0.490 e. The number of aryl methyl sites for hydroxylation is 1. The number of alkyl carbamates (subject to hydrolysis) is 1. The Morgan fingerprint density at radius 3 is 2.49 bits per heavy atom. The van der Waals surface area contributed by atoms with Gasteiger partial charge in [0.25, 0.3) is 10.1 Å². The Morgan fingerprint density at radius 1 is 1.01 bits per heavy atom. The summed E-state index contributed by atoms with van der Waals surface area (Å²) in [7, 11) is -21.6. The van der Waals surface area contributed by atoms with Crippen LogP contribution in [0.5, 0.6) is 11.5 Å². The number of nitrogens with two attached hydrogens (primary N) is 1. The number of phosphoric ester groups is 1. The number of carbonyl (C=O) groups is 2. The molecule has 0 bridgehead atoms. The number of hydrogen-bond donors (Lipinski definition) is 9. The van der Waals surface area contributed by atoms with Crippen LogP contribution in [-0.4, -0.2) is 138 Å². The number of aliphatic hydroxyl groups is 1. The average molecular weight is 1100 g/mol. The van der Waals surface area contributed by atoms with Crippen LogP contribution in [0.15, 0.2) is 41.9 Å². The van der Waals surface area contributed by atoms with Gasteiger partial charge in [0.2, 0.25) is 11.3 Å². The lowest BCUT2D eigenvalue weighted by atomic mass is 9.79. The summed E-state index contributed by atoms with van der Waals surface area (Å²) in [5.74, 6) is -0.402. The predicted molar refractivity (Wildman–Crippen MR) is 254 cm³/mol. The van der Waals surface area contributed by atoms with Crippen LogP contribution in [0.25, 0.3) is 11.2 Å². The fourth-order valence-electron chi connectivity index (χ4n) is 9.45. The van der Waals surface area contributed by atoms with Gasteiger partial charge < -0.3 is 60.2 Å². The van der Waals surface area contributed by atoms with Crippen molar-refractivity contribution in [3.05, 3.63) is 58.8 Å². The number of ether oxygens (including phenoxy) is 3. The Bertz CT molecular complexity index is 3210. The van der Waals surface area contributed by atoms with Crippen LogP contribution < -0.4 is 41.3 Å². The molecular formula is C40H54N10O19P3S+. The van der Waals surface area contributed by atoms with E-state index in [1.807, 2.05) is 38.1 Å². The third-order valence-corrected chi connectivity index (χ3v) is 17.1. The number of amides is 2. The van der Waals surface area contributed by atoms with Gasteiger partial charge in [-0.15, -0.1) is 0 Å². The highest BCUT2D eigenvalue weighted by molar-refractivity contribution is 7.85. The molecule has 4 aliphatic rings. The first-order valence-electron chi connectivity index (χ1n) is 22.7. The molecule has 0 saturated carbocycles. The van der Waals surface area contributed by atoms with Crippen molar-refractivity contribution in [2.45, 2.75) is 88.9 Å². The highest BCUT2D eigenvalue weighted by Gasteiger charge is 2.50. The number of aromatic nitrogens is 4. The van der Waals surface area contributed by atoms with Gasteiger partial charge in [-0.05, 0) is 57.7 Å². The summed E-state index contributed by atoms with van der Waals surface area (Å²) in [4.78, 5) is 82.5. The fraction of sp³-hybridized carbons (Fsp3) is 0.525. The molecule has 1 saturated heterocycles. The second-order valence-electron chi connectivity index (χ2n) is 18.1. The van der Waals surface area contributed by atoms with Crippen LogP contribution in [0.2, 0.25) is 0 Å². The number of aliphatic hydroxyl groups excluding tert-OH is 1. The molecule has 398 valence electrons.